The fourth-order valence-electron chi connectivity index (χ4n) is 2.70. The summed E-state index contributed by atoms with van der Waals surface area (Å²) < 4.78 is 0. The van der Waals surface area contributed by atoms with Gasteiger partial charge in [0.15, 0.2) is 0 Å². The number of carbonyl (C=O) groups is 2. The molecule has 0 aromatic heterocycles. The molecule has 0 spiro atoms. The van der Waals surface area contributed by atoms with E-state index in [2.05, 4.69) is 15.8 Å². The van der Waals surface area contributed by atoms with Gasteiger partial charge in [0.25, 0.3) is 0 Å². The molecule has 140 valence electrons. The third-order valence-electron chi connectivity index (χ3n) is 4.08. The molecule has 5 nitrogen and oxygen atoms in total. The van der Waals surface area contributed by atoms with Gasteiger partial charge < -0.3 is 5.32 Å². The van der Waals surface area contributed by atoms with Crippen LogP contribution in [-0.2, 0) is 9.59 Å². The third kappa shape index (κ3) is 5.64. The number of anilines is 1. The number of rotatable bonds is 7. The number of hydrogen-bond acceptors (Lipinski definition) is 3. The number of carbonyl (C=O) groups excluding carboxylic acids is 2. The average Bonchev–Trinajstić information content (AvgIpc) is 2.73. The van der Waals surface area contributed by atoms with Crippen molar-refractivity contribution in [3.8, 4) is 0 Å². The van der Waals surface area contributed by atoms with Crippen LogP contribution in [0.25, 0.3) is 16.8 Å². The lowest BCUT2D eigenvalue weighted by molar-refractivity contribution is -0.124. The highest BCUT2D eigenvalue weighted by Gasteiger charge is 2.08. The van der Waals surface area contributed by atoms with Crippen LogP contribution in [0, 0.1) is 0 Å². The van der Waals surface area contributed by atoms with E-state index in [1.54, 1.807) is 6.08 Å². The van der Waals surface area contributed by atoms with Gasteiger partial charge in [-0.05, 0) is 23.1 Å². The topological polar surface area (TPSA) is 70.6 Å². The van der Waals surface area contributed by atoms with Crippen molar-refractivity contribution in [2.75, 3.05) is 5.32 Å². The lowest BCUT2D eigenvalue weighted by Crippen LogP contribution is -2.20. The molecule has 0 atom stereocenters. The first kappa shape index (κ1) is 19.0. The fourth-order valence-corrected chi connectivity index (χ4v) is 2.70. The number of fused-ring (bicyclic) bond motifs is 1. The average molecular weight is 371 g/mol. The molecule has 0 saturated carbocycles. The summed E-state index contributed by atoms with van der Waals surface area (Å²) in [5.74, 6) is -0.517. The van der Waals surface area contributed by atoms with E-state index >= 15 is 0 Å². The molecule has 28 heavy (non-hydrogen) atoms. The predicted molar refractivity (Wildman–Crippen MR) is 114 cm³/mol. The van der Waals surface area contributed by atoms with Crippen LogP contribution in [0.2, 0.25) is 0 Å². The van der Waals surface area contributed by atoms with E-state index in [0.29, 0.717) is 0 Å². The summed E-state index contributed by atoms with van der Waals surface area (Å²) in [7, 11) is 0. The largest absolute Gasteiger partial charge is 0.326 e. The van der Waals surface area contributed by atoms with E-state index < -0.39 is 0 Å². The van der Waals surface area contributed by atoms with Gasteiger partial charge in [0.05, 0.1) is 0 Å². The summed E-state index contributed by atoms with van der Waals surface area (Å²) in [6.45, 7) is 0. The van der Waals surface area contributed by atoms with Crippen molar-refractivity contribution < 1.29 is 9.59 Å². The second kappa shape index (κ2) is 9.83. The monoisotopic (exact) mass is 371 g/mol. The molecule has 3 rings (SSSR count). The van der Waals surface area contributed by atoms with Crippen molar-refractivity contribution in [3.05, 3.63) is 84.4 Å². The zero-order valence-electron chi connectivity index (χ0n) is 15.3. The van der Waals surface area contributed by atoms with Crippen LogP contribution in [0.1, 0.15) is 18.4 Å². The SMILES string of the molecule is O=C(CCC(=O)Nc1cccc2ccccc12)NN=CC=Cc1ccccc1. The van der Waals surface area contributed by atoms with E-state index in [1.807, 2.05) is 78.9 Å². The number of hydrogen-bond donors (Lipinski definition) is 2. The Morgan fingerprint density at radius 1 is 0.821 bits per heavy atom. The Morgan fingerprint density at radius 2 is 1.54 bits per heavy atom. The first-order valence-electron chi connectivity index (χ1n) is 9.03. The normalized spacial score (nSPS) is 11.1. The molecular weight excluding hydrogens is 350 g/mol. The summed E-state index contributed by atoms with van der Waals surface area (Å²) in [5, 5.41) is 8.73. The van der Waals surface area contributed by atoms with Gasteiger partial charge in [-0.3, -0.25) is 9.59 Å². The molecule has 3 aromatic rings. The van der Waals surface area contributed by atoms with E-state index in [-0.39, 0.29) is 24.7 Å². The van der Waals surface area contributed by atoms with Crippen molar-refractivity contribution in [1.82, 2.24) is 5.43 Å². The minimum Gasteiger partial charge on any atom is -0.326 e. The first-order valence-corrected chi connectivity index (χ1v) is 9.03. The first-order chi connectivity index (χ1) is 13.7. The lowest BCUT2D eigenvalue weighted by Gasteiger charge is -2.08. The van der Waals surface area contributed by atoms with Gasteiger partial charge in [-0.15, -0.1) is 0 Å². The van der Waals surface area contributed by atoms with E-state index in [1.165, 1.54) is 6.21 Å². The van der Waals surface area contributed by atoms with Gasteiger partial charge in [-0.2, -0.15) is 5.10 Å². The zero-order chi connectivity index (χ0) is 19.6. The minimum absolute atomic E-state index is 0.0658. The van der Waals surface area contributed by atoms with Crippen molar-refractivity contribution in [2.24, 2.45) is 5.10 Å². The third-order valence-corrected chi connectivity index (χ3v) is 4.08. The predicted octanol–water partition coefficient (Wildman–Crippen LogP) is 4.37. The van der Waals surface area contributed by atoms with Gasteiger partial charge in [-0.25, -0.2) is 5.43 Å². The van der Waals surface area contributed by atoms with Gasteiger partial charge in [0.2, 0.25) is 11.8 Å². The summed E-state index contributed by atoms with van der Waals surface area (Å²) in [6, 6.07) is 23.3. The Balaban J connectivity index is 1.43. The van der Waals surface area contributed by atoms with Crippen LogP contribution >= 0.6 is 0 Å². The van der Waals surface area contributed by atoms with Crippen molar-refractivity contribution >= 4 is 40.6 Å². The standard InChI is InChI=1S/C23H21N3O2/c27-22(25-21-14-6-12-19-11-4-5-13-20(19)21)15-16-23(28)26-24-17-7-10-18-8-2-1-3-9-18/h1-14,17H,15-16H2,(H,25,27)(H,26,28). The van der Waals surface area contributed by atoms with Gasteiger partial charge in [0.1, 0.15) is 0 Å². The maximum atomic E-state index is 12.2. The molecule has 0 aliphatic rings. The molecule has 0 fully saturated rings. The summed E-state index contributed by atoms with van der Waals surface area (Å²) >= 11 is 0. The molecular formula is C23H21N3O2. The van der Waals surface area contributed by atoms with E-state index in [4.69, 9.17) is 0 Å². The summed E-state index contributed by atoms with van der Waals surface area (Å²) in [5.41, 5.74) is 4.21. The van der Waals surface area contributed by atoms with Crippen LogP contribution in [0.3, 0.4) is 0 Å². The highest BCUT2D eigenvalue weighted by Crippen LogP contribution is 2.23. The Labute approximate surface area is 163 Å². The Morgan fingerprint density at radius 3 is 2.39 bits per heavy atom. The number of nitrogens with zero attached hydrogens (tertiary/aromatic N) is 1. The van der Waals surface area contributed by atoms with Gasteiger partial charge in [-0.1, -0.05) is 72.8 Å². The molecule has 2 N–H and O–H groups in total. The van der Waals surface area contributed by atoms with Crippen molar-refractivity contribution in [2.45, 2.75) is 12.8 Å². The summed E-state index contributed by atoms with van der Waals surface area (Å²) in [4.78, 5) is 24.0. The number of amides is 2. The Bertz CT molecular complexity index is 1010. The molecule has 0 saturated heterocycles. The van der Waals surface area contributed by atoms with Crippen LogP contribution in [0.4, 0.5) is 5.69 Å². The highest BCUT2D eigenvalue weighted by molar-refractivity contribution is 6.02. The van der Waals surface area contributed by atoms with Crippen molar-refractivity contribution in [3.63, 3.8) is 0 Å². The number of nitrogens with one attached hydrogen (secondary N) is 2. The van der Waals surface area contributed by atoms with E-state index in [9.17, 15) is 9.59 Å². The van der Waals surface area contributed by atoms with E-state index in [0.717, 1.165) is 22.0 Å². The Hall–Kier alpha value is -3.73. The number of benzene rings is 3. The molecule has 0 heterocycles. The van der Waals surface area contributed by atoms with Gasteiger partial charge in [0, 0.05) is 30.1 Å². The quantitative estimate of drug-likeness (QED) is 0.478. The molecule has 2 amide bonds. The maximum absolute atomic E-state index is 12.2. The van der Waals surface area contributed by atoms with Crippen LogP contribution in [-0.4, -0.2) is 18.0 Å². The number of allylic oxidation sites excluding steroid dienone is 1. The van der Waals surface area contributed by atoms with Crippen LogP contribution in [0.5, 0.6) is 0 Å². The molecule has 0 aliphatic carbocycles. The fraction of sp³-hybridized carbons (Fsp3) is 0.0870. The maximum Gasteiger partial charge on any atom is 0.240 e. The molecule has 0 bridgehead atoms. The molecule has 5 heteroatoms. The lowest BCUT2D eigenvalue weighted by atomic mass is 10.1. The minimum atomic E-state index is -0.308. The van der Waals surface area contributed by atoms with Crippen molar-refractivity contribution in [1.29, 1.82) is 0 Å². The zero-order valence-corrected chi connectivity index (χ0v) is 15.3. The Kier molecular flexibility index (Phi) is 6.68. The summed E-state index contributed by atoms with van der Waals surface area (Å²) in [6.07, 6.45) is 5.28. The number of hydrazone groups is 1. The molecule has 0 aliphatic heterocycles. The van der Waals surface area contributed by atoms with Crippen LogP contribution in [0.15, 0.2) is 84.0 Å². The van der Waals surface area contributed by atoms with Crippen LogP contribution < -0.4 is 10.7 Å². The smallest absolute Gasteiger partial charge is 0.240 e. The second-order valence-electron chi connectivity index (χ2n) is 6.16. The molecule has 3 aromatic carbocycles. The highest BCUT2D eigenvalue weighted by atomic mass is 16.2. The second-order valence-corrected chi connectivity index (χ2v) is 6.16. The van der Waals surface area contributed by atoms with Gasteiger partial charge >= 0.3 is 0 Å². The molecule has 0 radical (unpaired) electrons. The molecule has 0 unspecified atom stereocenters.